The SMILES string of the molecule is O=C(CSC(=S)N1CCCC1)Nc1ccc(OC(F)F)cc1. The van der Waals surface area contributed by atoms with Crippen molar-refractivity contribution in [2.24, 2.45) is 0 Å². The van der Waals surface area contributed by atoms with Gasteiger partial charge in [0.05, 0.1) is 5.75 Å². The second-order valence-corrected chi connectivity index (χ2v) is 6.31. The molecule has 1 fully saturated rings. The molecule has 0 aromatic heterocycles. The number of nitrogens with zero attached hydrogens (tertiary/aromatic N) is 1. The van der Waals surface area contributed by atoms with Gasteiger partial charge in [0.25, 0.3) is 0 Å². The maximum absolute atomic E-state index is 12.0. The van der Waals surface area contributed by atoms with Crippen molar-refractivity contribution in [2.45, 2.75) is 19.5 Å². The summed E-state index contributed by atoms with van der Waals surface area (Å²) in [6.07, 6.45) is 2.28. The summed E-state index contributed by atoms with van der Waals surface area (Å²) in [6.45, 7) is -0.943. The van der Waals surface area contributed by atoms with Crippen LogP contribution < -0.4 is 10.1 Å². The molecule has 120 valence electrons. The first kappa shape index (κ1) is 17.0. The van der Waals surface area contributed by atoms with Crippen molar-refractivity contribution in [1.82, 2.24) is 4.90 Å². The standard InChI is InChI=1S/C14H16F2N2O2S2/c15-13(16)20-11-5-3-10(4-6-11)17-12(19)9-22-14(21)18-7-1-2-8-18/h3-6,13H,1-2,7-9H2,(H,17,19). The minimum Gasteiger partial charge on any atom is -0.435 e. The van der Waals surface area contributed by atoms with E-state index in [2.05, 4.69) is 15.0 Å². The van der Waals surface area contributed by atoms with Gasteiger partial charge in [-0.1, -0.05) is 24.0 Å². The highest BCUT2D eigenvalue weighted by atomic mass is 32.2. The zero-order chi connectivity index (χ0) is 15.9. The van der Waals surface area contributed by atoms with Crippen LogP contribution in [0.4, 0.5) is 14.5 Å². The number of ether oxygens (including phenoxy) is 1. The lowest BCUT2D eigenvalue weighted by Crippen LogP contribution is -2.25. The van der Waals surface area contributed by atoms with E-state index in [0.717, 1.165) is 30.3 Å². The Bertz CT molecular complexity index is 520. The van der Waals surface area contributed by atoms with Crippen LogP contribution in [0, 0.1) is 0 Å². The van der Waals surface area contributed by atoms with Gasteiger partial charge in [-0.25, -0.2) is 0 Å². The van der Waals surface area contributed by atoms with Crippen molar-refractivity contribution in [3.63, 3.8) is 0 Å². The topological polar surface area (TPSA) is 41.6 Å². The Balaban J connectivity index is 1.75. The second-order valence-electron chi connectivity index (χ2n) is 4.70. The zero-order valence-corrected chi connectivity index (χ0v) is 13.4. The Morgan fingerprint density at radius 2 is 1.95 bits per heavy atom. The van der Waals surface area contributed by atoms with Crippen LogP contribution in [0.2, 0.25) is 0 Å². The molecule has 1 N–H and O–H groups in total. The Labute approximate surface area is 137 Å². The van der Waals surface area contributed by atoms with Crippen molar-refractivity contribution < 1.29 is 18.3 Å². The predicted molar refractivity (Wildman–Crippen MR) is 87.6 cm³/mol. The molecule has 0 spiro atoms. The maximum atomic E-state index is 12.0. The van der Waals surface area contributed by atoms with Gasteiger partial charge >= 0.3 is 6.61 Å². The summed E-state index contributed by atoms with van der Waals surface area (Å²) in [4.78, 5) is 13.9. The lowest BCUT2D eigenvalue weighted by atomic mass is 10.3. The van der Waals surface area contributed by atoms with Crippen LogP contribution in [0.5, 0.6) is 5.75 Å². The molecule has 0 radical (unpaired) electrons. The molecule has 4 nitrogen and oxygen atoms in total. The van der Waals surface area contributed by atoms with E-state index in [4.69, 9.17) is 12.2 Å². The summed E-state index contributed by atoms with van der Waals surface area (Å²) in [6, 6.07) is 5.78. The van der Waals surface area contributed by atoms with Crippen LogP contribution in [0.3, 0.4) is 0 Å². The van der Waals surface area contributed by atoms with Gasteiger partial charge in [0.15, 0.2) is 0 Å². The molecule has 1 aliphatic heterocycles. The number of thioether (sulfide) groups is 1. The average molecular weight is 346 g/mol. The normalized spacial score (nSPS) is 14.2. The molecular weight excluding hydrogens is 330 g/mol. The van der Waals surface area contributed by atoms with Gasteiger partial charge in [0.1, 0.15) is 10.1 Å². The van der Waals surface area contributed by atoms with Crippen molar-refractivity contribution in [1.29, 1.82) is 0 Å². The molecule has 8 heteroatoms. The number of carbonyl (C=O) groups excluding carboxylic acids is 1. The summed E-state index contributed by atoms with van der Waals surface area (Å²) < 4.78 is 29.0. The molecule has 1 heterocycles. The number of thiocarbonyl (C=S) groups is 1. The van der Waals surface area contributed by atoms with Crippen molar-refractivity contribution in [3.8, 4) is 5.75 Å². The molecule has 1 amide bonds. The van der Waals surface area contributed by atoms with E-state index < -0.39 is 6.61 Å². The highest BCUT2D eigenvalue weighted by Crippen LogP contribution is 2.19. The molecule has 1 aromatic carbocycles. The third-order valence-electron chi connectivity index (χ3n) is 3.05. The highest BCUT2D eigenvalue weighted by Gasteiger charge is 2.16. The molecule has 1 saturated heterocycles. The van der Waals surface area contributed by atoms with Crippen molar-refractivity contribution in [2.75, 3.05) is 24.2 Å². The number of amides is 1. The molecule has 0 atom stereocenters. The molecule has 0 aliphatic carbocycles. The quantitative estimate of drug-likeness (QED) is 0.828. The minimum atomic E-state index is -2.86. The number of carbonyl (C=O) groups is 1. The summed E-state index contributed by atoms with van der Waals surface area (Å²) >= 11 is 6.61. The Morgan fingerprint density at radius 1 is 1.32 bits per heavy atom. The molecule has 0 saturated carbocycles. The highest BCUT2D eigenvalue weighted by molar-refractivity contribution is 8.23. The van der Waals surface area contributed by atoms with E-state index in [9.17, 15) is 13.6 Å². The first-order valence-corrected chi connectivity index (χ1v) is 8.20. The van der Waals surface area contributed by atoms with Crippen molar-refractivity contribution in [3.05, 3.63) is 24.3 Å². The summed E-state index contributed by atoms with van der Waals surface area (Å²) in [7, 11) is 0. The van der Waals surface area contributed by atoms with E-state index >= 15 is 0 Å². The number of halogens is 2. The van der Waals surface area contributed by atoms with E-state index in [0.29, 0.717) is 5.69 Å². The number of alkyl halides is 2. The fourth-order valence-electron chi connectivity index (χ4n) is 2.04. The van der Waals surface area contributed by atoms with Crippen LogP contribution >= 0.6 is 24.0 Å². The Morgan fingerprint density at radius 3 is 2.55 bits per heavy atom. The van der Waals surface area contributed by atoms with Crippen LogP contribution in [0.1, 0.15) is 12.8 Å². The Hall–Kier alpha value is -1.41. The molecular formula is C14H16F2N2O2S2. The third kappa shape index (κ3) is 5.42. The van der Waals surface area contributed by atoms with E-state index in [1.54, 1.807) is 0 Å². The maximum Gasteiger partial charge on any atom is 0.387 e. The number of nitrogens with one attached hydrogen (secondary N) is 1. The van der Waals surface area contributed by atoms with Crippen LogP contribution in [-0.2, 0) is 4.79 Å². The first-order chi connectivity index (χ1) is 10.5. The van der Waals surface area contributed by atoms with Crippen LogP contribution in [0.25, 0.3) is 0 Å². The smallest absolute Gasteiger partial charge is 0.387 e. The third-order valence-corrected chi connectivity index (χ3v) is 4.58. The predicted octanol–water partition coefficient (Wildman–Crippen LogP) is 3.34. The van der Waals surface area contributed by atoms with E-state index in [1.165, 1.54) is 36.0 Å². The van der Waals surface area contributed by atoms with Gasteiger partial charge in [0.2, 0.25) is 5.91 Å². The van der Waals surface area contributed by atoms with Crippen LogP contribution in [-0.4, -0.2) is 40.6 Å². The molecule has 0 unspecified atom stereocenters. The van der Waals surface area contributed by atoms with E-state index in [1.807, 2.05) is 0 Å². The van der Waals surface area contributed by atoms with Crippen LogP contribution in [0.15, 0.2) is 24.3 Å². The molecule has 2 rings (SSSR count). The number of hydrogen-bond acceptors (Lipinski definition) is 4. The molecule has 0 bridgehead atoms. The number of likely N-dealkylation sites (tertiary alicyclic amines) is 1. The lowest BCUT2D eigenvalue weighted by molar-refractivity contribution is -0.113. The van der Waals surface area contributed by atoms with Gasteiger partial charge < -0.3 is 15.0 Å². The summed E-state index contributed by atoms with van der Waals surface area (Å²) in [5.74, 6) is 0.0941. The first-order valence-electron chi connectivity index (χ1n) is 6.81. The average Bonchev–Trinajstić information content (AvgIpc) is 3.00. The number of hydrogen-bond donors (Lipinski definition) is 1. The number of anilines is 1. The Kier molecular flexibility index (Phi) is 6.38. The largest absolute Gasteiger partial charge is 0.435 e. The van der Waals surface area contributed by atoms with E-state index in [-0.39, 0.29) is 17.4 Å². The fraction of sp³-hybridized carbons (Fsp3) is 0.429. The minimum absolute atomic E-state index is 0.0533. The molecule has 22 heavy (non-hydrogen) atoms. The second kappa shape index (κ2) is 8.28. The van der Waals surface area contributed by atoms with Gasteiger partial charge in [-0.15, -0.1) is 0 Å². The molecule has 1 aliphatic rings. The lowest BCUT2D eigenvalue weighted by Gasteiger charge is -2.17. The zero-order valence-electron chi connectivity index (χ0n) is 11.8. The summed E-state index contributed by atoms with van der Waals surface area (Å²) in [5.41, 5.74) is 0.527. The fourth-order valence-corrected chi connectivity index (χ4v) is 3.09. The van der Waals surface area contributed by atoms with Gasteiger partial charge in [-0.2, -0.15) is 8.78 Å². The van der Waals surface area contributed by atoms with Gasteiger partial charge in [0, 0.05) is 18.8 Å². The number of benzene rings is 1. The number of rotatable bonds is 5. The summed E-state index contributed by atoms with van der Waals surface area (Å²) in [5, 5.41) is 2.69. The molecule has 1 aromatic rings. The van der Waals surface area contributed by atoms with Crippen molar-refractivity contribution >= 4 is 39.9 Å². The monoisotopic (exact) mass is 346 g/mol. The van der Waals surface area contributed by atoms with Gasteiger partial charge in [-0.05, 0) is 37.1 Å². The van der Waals surface area contributed by atoms with Gasteiger partial charge in [-0.3, -0.25) is 4.79 Å².